The number of nitrogens with one attached hydrogen (secondary N) is 5. The first-order chi connectivity index (χ1) is 16.2. The van der Waals surface area contributed by atoms with Crippen LogP contribution in [0.3, 0.4) is 0 Å². The molecule has 0 spiro atoms. The van der Waals surface area contributed by atoms with Crippen LogP contribution in [0.4, 0.5) is 9.59 Å². The maximum Gasteiger partial charge on any atom is 0.407 e. The van der Waals surface area contributed by atoms with Gasteiger partial charge in [-0.05, 0) is 19.3 Å². The third-order valence-electron chi connectivity index (χ3n) is 5.07. The first kappa shape index (κ1) is 28.7. The van der Waals surface area contributed by atoms with Crippen molar-refractivity contribution in [1.82, 2.24) is 31.4 Å². The van der Waals surface area contributed by atoms with Gasteiger partial charge in [0.15, 0.2) is 7.98 Å². The van der Waals surface area contributed by atoms with Crippen LogP contribution in [0.1, 0.15) is 32.1 Å². The highest BCUT2D eigenvalue weighted by atomic mass is 16.5. The Morgan fingerprint density at radius 2 is 1.68 bits per heavy atom. The standard InChI is InChI=1S/C19H33BN6O8/c1-33-18(31)23-7-4-3-5-12(24-19(32)34-2)16(29)22-9-8-21-14(27)6-10-26-15(28)11-13(25-20)17(26)30/h12-13,25H,3-11,20H2,1-2H3,(H,21,27)(H,22,29)(H,23,31)(H,24,32). The number of unbranched alkanes of at least 4 members (excludes halogenated alkanes) is 1. The molecule has 1 rings (SSSR count). The van der Waals surface area contributed by atoms with Gasteiger partial charge < -0.3 is 36.0 Å². The van der Waals surface area contributed by atoms with Crippen molar-refractivity contribution in [3.63, 3.8) is 0 Å². The van der Waals surface area contributed by atoms with Gasteiger partial charge in [-0.2, -0.15) is 0 Å². The fourth-order valence-electron chi connectivity index (χ4n) is 3.16. The molecule has 0 aromatic carbocycles. The van der Waals surface area contributed by atoms with Crippen LogP contribution in [-0.4, -0.2) is 101 Å². The highest BCUT2D eigenvalue weighted by molar-refractivity contribution is 6.12. The average molecular weight is 484 g/mol. The number of carbonyl (C=O) groups excluding carboxylic acids is 6. The van der Waals surface area contributed by atoms with E-state index < -0.39 is 30.2 Å². The smallest absolute Gasteiger partial charge is 0.407 e. The summed E-state index contributed by atoms with van der Waals surface area (Å²) in [7, 11) is 4.03. The van der Waals surface area contributed by atoms with Crippen molar-refractivity contribution in [3.8, 4) is 0 Å². The summed E-state index contributed by atoms with van der Waals surface area (Å²) in [5.74, 6) is -1.50. The van der Waals surface area contributed by atoms with Crippen LogP contribution in [0.15, 0.2) is 0 Å². The Morgan fingerprint density at radius 3 is 2.29 bits per heavy atom. The highest BCUT2D eigenvalue weighted by Crippen LogP contribution is 2.12. The summed E-state index contributed by atoms with van der Waals surface area (Å²) < 4.78 is 9.00. The van der Waals surface area contributed by atoms with E-state index in [0.29, 0.717) is 25.8 Å². The number of likely N-dealkylation sites (tertiary alicyclic amines) is 1. The van der Waals surface area contributed by atoms with Crippen molar-refractivity contribution in [2.75, 3.05) is 40.4 Å². The number of amides is 6. The van der Waals surface area contributed by atoms with Gasteiger partial charge in [0, 0.05) is 32.6 Å². The van der Waals surface area contributed by atoms with Crippen molar-refractivity contribution in [3.05, 3.63) is 0 Å². The number of hydrogen-bond acceptors (Lipinski definition) is 9. The lowest BCUT2D eigenvalue weighted by molar-refractivity contribution is -0.139. The average Bonchev–Trinajstić information content (AvgIpc) is 3.10. The van der Waals surface area contributed by atoms with Gasteiger partial charge in [-0.1, -0.05) is 0 Å². The molecule has 1 heterocycles. The van der Waals surface area contributed by atoms with Crippen LogP contribution in [0.25, 0.3) is 0 Å². The summed E-state index contributed by atoms with van der Waals surface area (Å²) in [4.78, 5) is 71.9. The summed E-state index contributed by atoms with van der Waals surface area (Å²) in [6.07, 6.45) is 0.124. The molecule has 1 saturated heterocycles. The number of ether oxygens (including phenoxy) is 2. The number of hydrogen-bond donors (Lipinski definition) is 5. The van der Waals surface area contributed by atoms with Gasteiger partial charge in [0.1, 0.15) is 6.04 Å². The predicted molar refractivity (Wildman–Crippen MR) is 121 cm³/mol. The summed E-state index contributed by atoms with van der Waals surface area (Å²) in [6.45, 7) is 0.580. The lowest BCUT2D eigenvalue weighted by Crippen LogP contribution is -2.48. The Hall–Kier alpha value is -3.36. The minimum absolute atomic E-state index is 0.00992. The summed E-state index contributed by atoms with van der Waals surface area (Å²) in [5.41, 5.74) is 0. The summed E-state index contributed by atoms with van der Waals surface area (Å²) in [5, 5.41) is 12.9. The van der Waals surface area contributed by atoms with Crippen LogP contribution in [0, 0.1) is 0 Å². The van der Waals surface area contributed by atoms with Gasteiger partial charge in [0.25, 0.3) is 0 Å². The number of nitrogens with zero attached hydrogens (tertiary/aromatic N) is 1. The van der Waals surface area contributed by atoms with E-state index in [9.17, 15) is 28.8 Å². The van der Waals surface area contributed by atoms with Crippen molar-refractivity contribution in [2.45, 2.75) is 44.2 Å². The van der Waals surface area contributed by atoms with Crippen molar-refractivity contribution in [1.29, 1.82) is 0 Å². The van der Waals surface area contributed by atoms with Crippen LogP contribution in [-0.2, 0) is 28.7 Å². The van der Waals surface area contributed by atoms with Gasteiger partial charge in [-0.3, -0.25) is 24.1 Å². The molecule has 2 unspecified atom stereocenters. The second-order valence-electron chi connectivity index (χ2n) is 7.42. The van der Waals surface area contributed by atoms with Crippen molar-refractivity contribution < 1.29 is 38.2 Å². The minimum Gasteiger partial charge on any atom is -0.453 e. The first-order valence-electron chi connectivity index (χ1n) is 11.0. The Labute approximate surface area is 198 Å². The number of carbonyl (C=O) groups is 6. The maximum atomic E-state index is 12.4. The molecule has 1 aliphatic heterocycles. The zero-order valence-corrected chi connectivity index (χ0v) is 19.7. The van der Waals surface area contributed by atoms with Gasteiger partial charge in [0.2, 0.25) is 23.6 Å². The quantitative estimate of drug-likeness (QED) is 0.0982. The molecule has 2 atom stereocenters. The van der Waals surface area contributed by atoms with E-state index in [1.54, 1.807) is 7.98 Å². The third kappa shape index (κ3) is 10.1. The minimum atomic E-state index is -0.853. The number of alkyl carbamates (subject to hydrolysis) is 2. The maximum absolute atomic E-state index is 12.4. The van der Waals surface area contributed by atoms with E-state index in [0.717, 1.165) is 4.90 Å². The second kappa shape index (κ2) is 15.5. The van der Waals surface area contributed by atoms with E-state index in [4.69, 9.17) is 0 Å². The first-order valence-corrected chi connectivity index (χ1v) is 11.0. The second-order valence-corrected chi connectivity index (χ2v) is 7.42. The van der Waals surface area contributed by atoms with Gasteiger partial charge in [-0.25, -0.2) is 9.59 Å². The molecule has 0 radical (unpaired) electrons. The molecule has 5 N–H and O–H groups in total. The van der Waals surface area contributed by atoms with Crippen LogP contribution in [0.2, 0.25) is 0 Å². The van der Waals surface area contributed by atoms with E-state index in [-0.39, 0.29) is 50.2 Å². The zero-order chi connectivity index (χ0) is 25.5. The molecule has 0 bridgehead atoms. The molecule has 0 aromatic heterocycles. The van der Waals surface area contributed by atoms with Crippen molar-refractivity contribution >= 4 is 43.8 Å². The Morgan fingerprint density at radius 1 is 1.00 bits per heavy atom. The molecule has 190 valence electrons. The molecular weight excluding hydrogens is 451 g/mol. The molecule has 0 aromatic rings. The lowest BCUT2D eigenvalue weighted by Gasteiger charge is -2.18. The van der Waals surface area contributed by atoms with Crippen LogP contribution in [0.5, 0.6) is 0 Å². The monoisotopic (exact) mass is 484 g/mol. The molecule has 0 saturated carbocycles. The van der Waals surface area contributed by atoms with Crippen LogP contribution < -0.4 is 26.5 Å². The van der Waals surface area contributed by atoms with E-state index in [1.165, 1.54) is 14.2 Å². The zero-order valence-electron chi connectivity index (χ0n) is 19.7. The SMILES string of the molecule is BNC1CC(=O)N(CCC(=O)NCCNC(=O)C(CCCCNC(=O)OC)NC(=O)OC)C1=O. The molecule has 34 heavy (non-hydrogen) atoms. The van der Waals surface area contributed by atoms with Crippen molar-refractivity contribution in [2.24, 2.45) is 0 Å². The predicted octanol–water partition coefficient (Wildman–Crippen LogP) is -2.87. The number of imide groups is 1. The Kier molecular flexibility index (Phi) is 13.1. The van der Waals surface area contributed by atoms with E-state index >= 15 is 0 Å². The highest BCUT2D eigenvalue weighted by Gasteiger charge is 2.37. The summed E-state index contributed by atoms with van der Waals surface area (Å²) >= 11 is 0. The lowest BCUT2D eigenvalue weighted by atomic mass is 10.1. The Balaban J connectivity index is 2.33. The number of rotatable bonds is 14. The van der Waals surface area contributed by atoms with Gasteiger partial charge in [-0.15, -0.1) is 0 Å². The largest absolute Gasteiger partial charge is 0.453 e. The van der Waals surface area contributed by atoms with Crippen LogP contribution >= 0.6 is 0 Å². The third-order valence-corrected chi connectivity index (χ3v) is 5.07. The molecule has 15 heteroatoms. The summed E-state index contributed by atoms with van der Waals surface area (Å²) in [6, 6.07) is -1.41. The normalized spacial score (nSPS) is 15.9. The molecule has 14 nitrogen and oxygen atoms in total. The van der Waals surface area contributed by atoms with Gasteiger partial charge in [0.05, 0.1) is 26.7 Å². The Bertz CT molecular complexity index is 752. The molecule has 1 aliphatic rings. The van der Waals surface area contributed by atoms with E-state index in [2.05, 4.69) is 36.0 Å². The van der Waals surface area contributed by atoms with Gasteiger partial charge >= 0.3 is 12.2 Å². The molecule has 0 aliphatic carbocycles. The molecule has 6 amide bonds. The molecular formula is C19H33BN6O8. The van der Waals surface area contributed by atoms with E-state index in [1.807, 2.05) is 0 Å². The fourth-order valence-corrected chi connectivity index (χ4v) is 3.16. The number of methoxy groups -OCH3 is 2. The fraction of sp³-hybridized carbons (Fsp3) is 0.684. The topological polar surface area (TPSA) is 184 Å². The molecule has 1 fully saturated rings.